The smallest absolute Gasteiger partial charge is 0.0605 e. The molecule has 0 spiro atoms. The Kier molecular flexibility index (Phi) is 3.27. The summed E-state index contributed by atoms with van der Waals surface area (Å²) >= 11 is 12.6. The molecule has 2 fully saturated rings. The van der Waals surface area contributed by atoms with E-state index in [1.54, 1.807) is 0 Å². The molecular weight excluding hydrogens is 217 g/mol. The molecule has 2 rings (SSSR count). The van der Waals surface area contributed by atoms with Crippen molar-refractivity contribution in [2.45, 2.75) is 48.5 Å². The Bertz CT molecular complexity index is 230. The van der Waals surface area contributed by atoms with Crippen molar-refractivity contribution < 1.29 is 0 Å². The molecule has 78 valence electrons. The van der Waals surface area contributed by atoms with Crippen molar-refractivity contribution in [2.24, 2.45) is 0 Å². The number of fused-ring (bicyclic) bond motifs is 2. The lowest BCUT2D eigenvalue weighted by molar-refractivity contribution is 0.0604. The molecule has 0 amide bonds. The Morgan fingerprint density at radius 2 is 1.57 bits per heavy atom. The van der Waals surface area contributed by atoms with Crippen LogP contribution < -0.4 is 0 Å². The summed E-state index contributed by atoms with van der Waals surface area (Å²) in [5.41, 5.74) is 0. The molecule has 0 radical (unpaired) electrons. The number of halogens is 2. The fraction of sp³-hybridized carbons (Fsp3) is 0.818. The Labute approximate surface area is 95.7 Å². The normalized spacial score (nSPS) is 43.2. The maximum absolute atomic E-state index is 6.31. The fourth-order valence-corrected chi connectivity index (χ4v) is 3.53. The van der Waals surface area contributed by atoms with E-state index in [0.717, 1.165) is 25.7 Å². The van der Waals surface area contributed by atoms with E-state index < -0.39 is 0 Å². The average molecular weight is 232 g/mol. The van der Waals surface area contributed by atoms with Gasteiger partial charge in [-0.3, -0.25) is 4.90 Å². The third-order valence-electron chi connectivity index (χ3n) is 3.44. The topological polar surface area (TPSA) is 3.24 Å². The molecule has 2 saturated heterocycles. The molecule has 0 aliphatic carbocycles. The highest BCUT2D eigenvalue weighted by Crippen LogP contribution is 2.38. The summed E-state index contributed by atoms with van der Waals surface area (Å²) < 4.78 is 0. The first-order chi connectivity index (χ1) is 6.74. The lowest BCUT2D eigenvalue weighted by atomic mass is 9.84. The van der Waals surface area contributed by atoms with Crippen molar-refractivity contribution in [1.82, 2.24) is 4.90 Å². The molecule has 0 unspecified atom stereocenters. The monoisotopic (exact) mass is 231 g/mol. The van der Waals surface area contributed by atoms with Gasteiger partial charge in [-0.1, -0.05) is 5.92 Å². The SMILES string of the molecule is C#CCN1[C@H]2CC[C@H](Cl)[C@@H]1CC[C@H]2Cl. The summed E-state index contributed by atoms with van der Waals surface area (Å²) in [5.74, 6) is 2.72. The van der Waals surface area contributed by atoms with Crippen molar-refractivity contribution in [1.29, 1.82) is 0 Å². The lowest BCUT2D eigenvalue weighted by Gasteiger charge is -2.49. The Morgan fingerprint density at radius 3 is 2.00 bits per heavy atom. The van der Waals surface area contributed by atoms with Crippen LogP contribution in [-0.4, -0.2) is 34.3 Å². The van der Waals surface area contributed by atoms with Gasteiger partial charge in [-0.15, -0.1) is 29.6 Å². The molecule has 2 aliphatic rings. The number of nitrogens with zero attached hydrogens (tertiary/aromatic N) is 1. The van der Waals surface area contributed by atoms with Crippen LogP contribution >= 0.6 is 23.2 Å². The number of hydrogen-bond donors (Lipinski definition) is 0. The van der Waals surface area contributed by atoms with Gasteiger partial charge in [-0.05, 0) is 25.7 Å². The van der Waals surface area contributed by atoms with Gasteiger partial charge in [0.15, 0.2) is 0 Å². The van der Waals surface area contributed by atoms with Crippen LogP contribution in [0.25, 0.3) is 0 Å². The van der Waals surface area contributed by atoms with Crippen LogP contribution in [0.2, 0.25) is 0 Å². The first-order valence-corrected chi connectivity index (χ1v) is 6.08. The largest absolute Gasteiger partial charge is 0.283 e. The Hall–Kier alpha value is 0.100. The number of alkyl halides is 2. The summed E-state index contributed by atoms with van der Waals surface area (Å²) in [5, 5.41) is 0.535. The van der Waals surface area contributed by atoms with E-state index >= 15 is 0 Å². The third kappa shape index (κ3) is 1.76. The van der Waals surface area contributed by atoms with Gasteiger partial charge in [0, 0.05) is 22.8 Å². The summed E-state index contributed by atoms with van der Waals surface area (Å²) in [7, 11) is 0. The Balaban J connectivity index is 2.15. The van der Waals surface area contributed by atoms with Gasteiger partial charge < -0.3 is 0 Å². The molecule has 1 nitrogen and oxygen atoms in total. The van der Waals surface area contributed by atoms with Crippen LogP contribution in [0.3, 0.4) is 0 Å². The van der Waals surface area contributed by atoms with Crippen molar-refractivity contribution in [2.75, 3.05) is 6.54 Å². The second-order valence-corrected chi connectivity index (χ2v) is 5.32. The number of piperidine rings is 2. The standard InChI is InChI=1S/C11H15Cl2N/c1-2-7-14-10-5-3-8(12)11(14)6-4-9(10)13/h1,8-11H,3-7H2/t8-,9+,10-,11-/m0/s1. The predicted octanol–water partition coefficient (Wildman–Crippen LogP) is 2.46. The summed E-state index contributed by atoms with van der Waals surface area (Å²) in [6.45, 7) is 0.696. The maximum Gasteiger partial charge on any atom is 0.0605 e. The van der Waals surface area contributed by atoms with E-state index in [9.17, 15) is 0 Å². The van der Waals surface area contributed by atoms with Gasteiger partial charge in [0.05, 0.1) is 6.54 Å². The van der Waals surface area contributed by atoms with Crippen LogP contribution in [0.15, 0.2) is 0 Å². The van der Waals surface area contributed by atoms with Gasteiger partial charge in [0.25, 0.3) is 0 Å². The molecule has 2 bridgehead atoms. The minimum Gasteiger partial charge on any atom is -0.283 e. The molecule has 0 aromatic heterocycles. The summed E-state index contributed by atoms with van der Waals surface area (Å²) in [6, 6.07) is 0.919. The van der Waals surface area contributed by atoms with Crippen molar-refractivity contribution in [3.8, 4) is 12.3 Å². The molecule has 3 heteroatoms. The Morgan fingerprint density at radius 1 is 1.07 bits per heavy atom. The second kappa shape index (κ2) is 4.31. The zero-order valence-electron chi connectivity index (χ0n) is 8.13. The van der Waals surface area contributed by atoms with E-state index in [-0.39, 0.29) is 10.8 Å². The van der Waals surface area contributed by atoms with Crippen molar-refractivity contribution in [3.05, 3.63) is 0 Å². The first-order valence-electron chi connectivity index (χ1n) is 5.21. The van der Waals surface area contributed by atoms with Crippen molar-refractivity contribution in [3.63, 3.8) is 0 Å². The quantitative estimate of drug-likeness (QED) is 0.496. The number of hydrogen-bond acceptors (Lipinski definition) is 1. The van der Waals surface area contributed by atoms with Crippen LogP contribution in [0.1, 0.15) is 25.7 Å². The number of rotatable bonds is 1. The van der Waals surface area contributed by atoms with Gasteiger partial charge in [0.1, 0.15) is 0 Å². The second-order valence-electron chi connectivity index (χ2n) is 4.20. The van der Waals surface area contributed by atoms with Crippen LogP contribution in [0, 0.1) is 12.3 Å². The molecule has 2 heterocycles. The molecule has 2 aliphatic heterocycles. The van der Waals surface area contributed by atoms with Crippen molar-refractivity contribution >= 4 is 23.2 Å². The van der Waals surface area contributed by atoms with E-state index in [1.807, 2.05) is 0 Å². The highest BCUT2D eigenvalue weighted by Gasteiger charge is 2.42. The third-order valence-corrected chi connectivity index (χ3v) is 4.46. The molecular formula is C11H15Cl2N. The molecule has 0 aromatic rings. The highest BCUT2D eigenvalue weighted by molar-refractivity contribution is 6.22. The average Bonchev–Trinajstić information content (AvgIpc) is 2.16. The zero-order valence-corrected chi connectivity index (χ0v) is 9.64. The van der Waals surface area contributed by atoms with Gasteiger partial charge in [-0.2, -0.15) is 0 Å². The zero-order chi connectivity index (χ0) is 10.1. The molecule has 14 heavy (non-hydrogen) atoms. The number of terminal acetylenes is 1. The molecule has 0 N–H and O–H groups in total. The van der Waals surface area contributed by atoms with Gasteiger partial charge in [0.2, 0.25) is 0 Å². The van der Waals surface area contributed by atoms with Crippen LogP contribution in [-0.2, 0) is 0 Å². The van der Waals surface area contributed by atoms with E-state index in [1.165, 1.54) is 0 Å². The fourth-order valence-electron chi connectivity index (χ4n) is 2.74. The lowest BCUT2D eigenvalue weighted by Crippen LogP contribution is -2.58. The van der Waals surface area contributed by atoms with Crippen LogP contribution in [0.4, 0.5) is 0 Å². The maximum atomic E-state index is 6.31. The molecule has 0 aromatic carbocycles. The van der Waals surface area contributed by atoms with Gasteiger partial charge in [-0.25, -0.2) is 0 Å². The predicted molar refractivity (Wildman–Crippen MR) is 60.9 cm³/mol. The molecule has 0 saturated carbocycles. The van der Waals surface area contributed by atoms with Crippen LogP contribution in [0.5, 0.6) is 0 Å². The van der Waals surface area contributed by atoms with Gasteiger partial charge >= 0.3 is 0 Å². The minimum atomic E-state index is 0.267. The summed E-state index contributed by atoms with van der Waals surface area (Å²) in [4.78, 5) is 2.34. The van der Waals surface area contributed by atoms with E-state index in [2.05, 4.69) is 10.8 Å². The van der Waals surface area contributed by atoms with E-state index in [4.69, 9.17) is 29.6 Å². The summed E-state index contributed by atoms with van der Waals surface area (Å²) in [6.07, 6.45) is 9.74. The molecule has 4 atom stereocenters. The highest BCUT2D eigenvalue weighted by atomic mass is 35.5. The van der Waals surface area contributed by atoms with E-state index in [0.29, 0.717) is 18.6 Å². The first kappa shape index (κ1) is 10.6. The minimum absolute atomic E-state index is 0.267.